The van der Waals surface area contributed by atoms with Gasteiger partial charge in [-0.15, -0.1) is 0 Å². The van der Waals surface area contributed by atoms with Crippen molar-refractivity contribution in [1.29, 1.82) is 0 Å². The highest BCUT2D eigenvalue weighted by atomic mass is 19.1. The van der Waals surface area contributed by atoms with Crippen molar-refractivity contribution in [3.8, 4) is 0 Å². The molecule has 0 radical (unpaired) electrons. The average molecular weight is 264 g/mol. The van der Waals surface area contributed by atoms with Crippen molar-refractivity contribution in [2.45, 2.75) is 25.8 Å². The van der Waals surface area contributed by atoms with Crippen molar-refractivity contribution in [1.82, 2.24) is 9.80 Å². The Morgan fingerprint density at radius 2 is 2.11 bits per heavy atom. The largest absolute Gasteiger partial charge is 0.339 e. The Balaban J connectivity index is 2.15. The Hall–Kier alpha value is -1.42. The number of carbonyl (C=O) groups is 1. The number of amides is 1. The van der Waals surface area contributed by atoms with E-state index in [4.69, 9.17) is 0 Å². The molecule has 0 aromatic heterocycles. The highest BCUT2D eigenvalue weighted by molar-refractivity contribution is 5.76. The summed E-state index contributed by atoms with van der Waals surface area (Å²) in [5.74, 6) is -0.0129. The molecule has 104 valence electrons. The van der Waals surface area contributed by atoms with E-state index in [9.17, 15) is 9.18 Å². The molecule has 4 heteroatoms. The van der Waals surface area contributed by atoms with Gasteiger partial charge in [-0.3, -0.25) is 9.69 Å². The number of benzene rings is 1. The van der Waals surface area contributed by atoms with Gasteiger partial charge < -0.3 is 4.90 Å². The van der Waals surface area contributed by atoms with Gasteiger partial charge in [-0.05, 0) is 19.5 Å². The van der Waals surface area contributed by atoms with Crippen molar-refractivity contribution >= 4 is 5.91 Å². The van der Waals surface area contributed by atoms with E-state index in [1.165, 1.54) is 6.07 Å². The molecular weight excluding hydrogens is 243 g/mol. The van der Waals surface area contributed by atoms with E-state index in [0.29, 0.717) is 18.5 Å². The first-order valence-electron chi connectivity index (χ1n) is 6.86. The van der Waals surface area contributed by atoms with E-state index >= 15 is 0 Å². The lowest BCUT2D eigenvalue weighted by Gasteiger charge is -2.39. The zero-order valence-corrected chi connectivity index (χ0v) is 11.6. The van der Waals surface area contributed by atoms with Crippen LogP contribution in [0, 0.1) is 5.82 Å². The lowest BCUT2D eigenvalue weighted by Crippen LogP contribution is -2.49. The SMILES string of the molecule is CCCC(=O)N1CCN(C)C(c2ccccc2F)C1. The molecule has 2 rings (SSSR count). The van der Waals surface area contributed by atoms with Crippen molar-refractivity contribution in [3.05, 3.63) is 35.6 Å². The summed E-state index contributed by atoms with van der Waals surface area (Å²) in [4.78, 5) is 16.0. The molecule has 19 heavy (non-hydrogen) atoms. The molecule has 1 heterocycles. The molecule has 1 amide bonds. The smallest absolute Gasteiger partial charge is 0.222 e. The highest BCUT2D eigenvalue weighted by Gasteiger charge is 2.29. The van der Waals surface area contributed by atoms with Crippen molar-refractivity contribution in [3.63, 3.8) is 0 Å². The summed E-state index contributed by atoms with van der Waals surface area (Å²) >= 11 is 0. The van der Waals surface area contributed by atoms with Gasteiger partial charge in [-0.25, -0.2) is 4.39 Å². The fourth-order valence-corrected chi connectivity index (χ4v) is 2.55. The number of halogens is 1. The van der Waals surface area contributed by atoms with Gasteiger partial charge in [0.2, 0.25) is 5.91 Å². The third-order valence-corrected chi connectivity index (χ3v) is 3.73. The lowest BCUT2D eigenvalue weighted by molar-refractivity contribution is -0.134. The second kappa shape index (κ2) is 6.15. The molecule has 1 saturated heterocycles. The van der Waals surface area contributed by atoms with Crippen LogP contribution >= 0.6 is 0 Å². The topological polar surface area (TPSA) is 23.6 Å². The van der Waals surface area contributed by atoms with Crippen molar-refractivity contribution in [2.75, 3.05) is 26.7 Å². The molecule has 0 saturated carbocycles. The molecular formula is C15H21FN2O. The van der Waals surface area contributed by atoms with Crippen LogP contribution in [-0.4, -0.2) is 42.4 Å². The van der Waals surface area contributed by atoms with Gasteiger partial charge in [0.05, 0.1) is 6.04 Å². The highest BCUT2D eigenvalue weighted by Crippen LogP contribution is 2.26. The van der Waals surface area contributed by atoms with Crippen LogP contribution in [-0.2, 0) is 4.79 Å². The minimum absolute atomic E-state index is 0.0456. The maximum Gasteiger partial charge on any atom is 0.222 e. The molecule has 1 aliphatic rings. The van der Waals surface area contributed by atoms with Gasteiger partial charge in [0.15, 0.2) is 0 Å². The lowest BCUT2D eigenvalue weighted by atomic mass is 10.0. The normalized spacial score (nSPS) is 20.6. The predicted molar refractivity (Wildman–Crippen MR) is 73.3 cm³/mol. The summed E-state index contributed by atoms with van der Waals surface area (Å²) in [5, 5.41) is 0. The number of piperazine rings is 1. The Kier molecular flexibility index (Phi) is 4.53. The molecule has 0 bridgehead atoms. The van der Waals surface area contributed by atoms with Gasteiger partial charge >= 0.3 is 0 Å². The summed E-state index contributed by atoms with van der Waals surface area (Å²) < 4.78 is 13.9. The fraction of sp³-hybridized carbons (Fsp3) is 0.533. The van der Waals surface area contributed by atoms with Gasteiger partial charge in [0.1, 0.15) is 5.82 Å². The summed E-state index contributed by atoms with van der Waals surface area (Å²) in [6, 6.07) is 6.79. The van der Waals surface area contributed by atoms with Crippen molar-refractivity contribution < 1.29 is 9.18 Å². The van der Waals surface area contributed by atoms with E-state index in [2.05, 4.69) is 4.90 Å². The number of nitrogens with zero attached hydrogens (tertiary/aromatic N) is 2. The second-order valence-electron chi connectivity index (χ2n) is 5.11. The van der Waals surface area contributed by atoms with Crippen LogP contribution in [0.25, 0.3) is 0 Å². The van der Waals surface area contributed by atoms with E-state index in [1.54, 1.807) is 6.07 Å². The number of hydrogen-bond acceptors (Lipinski definition) is 2. The van der Waals surface area contributed by atoms with Crippen LogP contribution < -0.4 is 0 Å². The summed E-state index contributed by atoms with van der Waals surface area (Å²) in [6.45, 7) is 4.10. The predicted octanol–water partition coefficient (Wildman–Crippen LogP) is 2.44. The minimum Gasteiger partial charge on any atom is -0.339 e. The summed E-state index contributed by atoms with van der Waals surface area (Å²) in [6.07, 6.45) is 1.43. The van der Waals surface area contributed by atoms with Crippen LogP contribution in [0.4, 0.5) is 4.39 Å². The Morgan fingerprint density at radius 3 is 2.79 bits per heavy atom. The van der Waals surface area contributed by atoms with Crippen LogP contribution in [0.1, 0.15) is 31.4 Å². The summed E-state index contributed by atoms with van der Waals surface area (Å²) in [5.41, 5.74) is 0.680. The van der Waals surface area contributed by atoms with Gasteiger partial charge in [-0.2, -0.15) is 0 Å². The summed E-state index contributed by atoms with van der Waals surface area (Å²) in [7, 11) is 1.98. The number of hydrogen-bond donors (Lipinski definition) is 0. The fourth-order valence-electron chi connectivity index (χ4n) is 2.55. The standard InChI is InChI=1S/C15H21FN2O/c1-3-6-15(19)18-10-9-17(2)14(11-18)12-7-4-5-8-13(12)16/h4-5,7-8,14H,3,6,9-11H2,1-2H3. The average Bonchev–Trinajstić information content (AvgIpc) is 2.40. The van der Waals surface area contributed by atoms with Gasteiger partial charge in [0, 0.05) is 31.6 Å². The number of carbonyl (C=O) groups excluding carboxylic acids is 1. The Bertz CT molecular complexity index is 450. The molecule has 0 N–H and O–H groups in total. The van der Waals surface area contributed by atoms with Crippen LogP contribution in [0.2, 0.25) is 0 Å². The molecule has 3 nitrogen and oxygen atoms in total. The molecule has 1 atom stereocenters. The molecule has 1 aromatic rings. The molecule has 1 aromatic carbocycles. The maximum absolute atomic E-state index is 13.9. The number of rotatable bonds is 3. The first kappa shape index (κ1) is 14.0. The zero-order chi connectivity index (χ0) is 13.8. The van der Waals surface area contributed by atoms with Crippen LogP contribution in [0.5, 0.6) is 0 Å². The third kappa shape index (κ3) is 3.13. The van der Waals surface area contributed by atoms with Crippen LogP contribution in [0.15, 0.2) is 24.3 Å². The first-order chi connectivity index (χ1) is 9.13. The molecule has 1 aliphatic heterocycles. The molecule has 0 spiro atoms. The molecule has 1 fully saturated rings. The van der Waals surface area contributed by atoms with Gasteiger partial charge in [0.25, 0.3) is 0 Å². The van der Waals surface area contributed by atoms with Gasteiger partial charge in [-0.1, -0.05) is 25.1 Å². The van der Waals surface area contributed by atoms with Crippen molar-refractivity contribution in [2.24, 2.45) is 0 Å². The molecule has 1 unspecified atom stereocenters. The van der Waals surface area contributed by atoms with E-state index in [1.807, 2.05) is 31.0 Å². The quantitative estimate of drug-likeness (QED) is 0.837. The van der Waals surface area contributed by atoms with E-state index < -0.39 is 0 Å². The monoisotopic (exact) mass is 264 g/mol. The Morgan fingerprint density at radius 1 is 1.37 bits per heavy atom. The minimum atomic E-state index is -0.191. The van der Waals surface area contributed by atoms with E-state index in [-0.39, 0.29) is 17.8 Å². The molecule has 0 aliphatic carbocycles. The first-order valence-corrected chi connectivity index (χ1v) is 6.86. The second-order valence-corrected chi connectivity index (χ2v) is 5.11. The van der Waals surface area contributed by atoms with E-state index in [0.717, 1.165) is 19.5 Å². The zero-order valence-electron chi connectivity index (χ0n) is 11.6. The maximum atomic E-state index is 13.9. The number of likely N-dealkylation sites (N-methyl/N-ethyl adjacent to an activating group) is 1. The Labute approximate surface area is 114 Å². The third-order valence-electron chi connectivity index (χ3n) is 3.73. The van der Waals surface area contributed by atoms with Crippen LogP contribution in [0.3, 0.4) is 0 Å².